The third-order valence-corrected chi connectivity index (χ3v) is 4.96. The molecular weight excluding hydrogens is 313 g/mol. The van der Waals surface area contributed by atoms with Crippen molar-refractivity contribution in [2.45, 2.75) is 31.5 Å². The zero-order chi connectivity index (χ0) is 15.7. The molecule has 1 unspecified atom stereocenters. The molecule has 3 heterocycles. The lowest BCUT2D eigenvalue weighted by molar-refractivity contribution is -0.140. The Balaban J connectivity index is 1.68. The van der Waals surface area contributed by atoms with Gasteiger partial charge in [0, 0.05) is 37.3 Å². The van der Waals surface area contributed by atoms with Crippen LogP contribution in [-0.2, 0) is 19.8 Å². The molecule has 0 saturated carbocycles. The van der Waals surface area contributed by atoms with Crippen molar-refractivity contribution in [2.75, 3.05) is 13.1 Å². The van der Waals surface area contributed by atoms with Crippen LogP contribution in [0.15, 0.2) is 17.8 Å². The van der Waals surface area contributed by atoms with Crippen LogP contribution in [0.4, 0.5) is 13.2 Å². The van der Waals surface area contributed by atoms with Gasteiger partial charge in [0.25, 0.3) is 0 Å². The molecule has 4 nitrogen and oxygen atoms in total. The summed E-state index contributed by atoms with van der Waals surface area (Å²) in [5.41, 5.74) is -0.770. The van der Waals surface area contributed by atoms with Gasteiger partial charge in [-0.25, -0.2) is 9.97 Å². The molecule has 1 atom stereocenters. The first kappa shape index (κ1) is 15.5. The number of thiazole rings is 1. The molecule has 1 fully saturated rings. The Hall–Kier alpha value is -1.41. The predicted molar refractivity (Wildman–Crippen MR) is 77.6 cm³/mol. The largest absolute Gasteiger partial charge is 0.434 e. The van der Waals surface area contributed by atoms with Crippen molar-refractivity contribution in [1.29, 1.82) is 0 Å². The van der Waals surface area contributed by atoms with Crippen LogP contribution in [0.3, 0.4) is 0 Å². The highest BCUT2D eigenvalue weighted by molar-refractivity contribution is 7.09. The van der Waals surface area contributed by atoms with Gasteiger partial charge in [-0.05, 0) is 19.4 Å². The number of rotatable bonds is 3. The quantitative estimate of drug-likeness (QED) is 0.866. The molecule has 1 aliphatic heterocycles. The number of hydrogen-bond donors (Lipinski definition) is 0. The number of hydrogen-bond acceptors (Lipinski definition) is 4. The molecule has 120 valence electrons. The smallest absolute Gasteiger partial charge is 0.337 e. The maximum atomic E-state index is 12.7. The van der Waals surface area contributed by atoms with E-state index in [0.29, 0.717) is 5.01 Å². The van der Waals surface area contributed by atoms with E-state index in [1.807, 2.05) is 17.8 Å². The first-order chi connectivity index (χ1) is 10.4. The maximum Gasteiger partial charge on any atom is 0.434 e. The fourth-order valence-electron chi connectivity index (χ4n) is 2.75. The molecule has 0 aliphatic carbocycles. The Morgan fingerprint density at radius 1 is 1.41 bits per heavy atom. The van der Waals surface area contributed by atoms with Crippen LogP contribution in [0.2, 0.25) is 0 Å². The van der Waals surface area contributed by atoms with Gasteiger partial charge in [0.2, 0.25) is 0 Å². The Labute approximate surface area is 130 Å². The summed E-state index contributed by atoms with van der Waals surface area (Å²) in [5, 5.41) is 1.71. The van der Waals surface area contributed by atoms with E-state index < -0.39 is 11.9 Å². The monoisotopic (exact) mass is 330 g/mol. The molecule has 0 amide bonds. The zero-order valence-electron chi connectivity index (χ0n) is 12.2. The van der Waals surface area contributed by atoms with Crippen molar-refractivity contribution in [1.82, 2.24) is 19.4 Å². The average Bonchev–Trinajstić information content (AvgIpc) is 3.09. The van der Waals surface area contributed by atoms with Gasteiger partial charge in [-0.3, -0.25) is 4.90 Å². The lowest BCUT2D eigenvalue weighted by Crippen LogP contribution is -2.34. The molecule has 2 aromatic heterocycles. The van der Waals surface area contributed by atoms with Crippen LogP contribution in [-0.4, -0.2) is 32.5 Å². The summed E-state index contributed by atoms with van der Waals surface area (Å²) in [4.78, 5) is 10.3. The standard InChI is InChI=1S/C14H17F3N4S/c1-20-6-4-18-12(20)8-21-5-2-3-10(7-21)13-19-11(9-22-13)14(15,16)17/h4,6,9-10H,2-3,5,7-8H2,1H3. The van der Waals surface area contributed by atoms with Gasteiger partial charge < -0.3 is 4.57 Å². The first-order valence-corrected chi connectivity index (χ1v) is 8.02. The molecule has 22 heavy (non-hydrogen) atoms. The minimum Gasteiger partial charge on any atom is -0.337 e. The second-order valence-corrected chi connectivity index (χ2v) is 6.49. The number of nitrogens with zero attached hydrogens (tertiary/aromatic N) is 4. The second-order valence-electron chi connectivity index (χ2n) is 5.60. The minimum atomic E-state index is -4.35. The number of piperidine rings is 1. The van der Waals surface area contributed by atoms with Gasteiger partial charge in [0.05, 0.1) is 11.6 Å². The number of imidazole rings is 1. The summed E-state index contributed by atoms with van der Waals surface area (Å²) in [6.07, 6.45) is 1.16. The predicted octanol–water partition coefficient (Wildman–Crippen LogP) is 3.28. The number of aromatic nitrogens is 3. The van der Waals surface area contributed by atoms with Crippen LogP contribution in [0.25, 0.3) is 0 Å². The molecule has 1 saturated heterocycles. The summed E-state index contributed by atoms with van der Waals surface area (Å²) in [6, 6.07) is 0. The molecular formula is C14H17F3N4S. The van der Waals surface area contributed by atoms with Gasteiger partial charge in [-0.15, -0.1) is 11.3 Å². The Bertz CT molecular complexity index is 634. The second kappa shape index (κ2) is 6.00. The van der Waals surface area contributed by atoms with Crippen molar-refractivity contribution >= 4 is 11.3 Å². The number of aryl methyl sites for hydroxylation is 1. The van der Waals surface area contributed by atoms with E-state index >= 15 is 0 Å². The van der Waals surface area contributed by atoms with Gasteiger partial charge in [-0.1, -0.05) is 0 Å². The van der Waals surface area contributed by atoms with Crippen molar-refractivity contribution in [3.8, 4) is 0 Å². The van der Waals surface area contributed by atoms with Gasteiger partial charge >= 0.3 is 6.18 Å². The van der Waals surface area contributed by atoms with E-state index in [9.17, 15) is 13.2 Å². The minimum absolute atomic E-state index is 0.0788. The molecule has 0 aromatic carbocycles. The normalized spacial score (nSPS) is 20.5. The third-order valence-electron chi connectivity index (χ3n) is 3.95. The van der Waals surface area contributed by atoms with Crippen molar-refractivity contribution in [3.63, 3.8) is 0 Å². The Morgan fingerprint density at radius 3 is 2.86 bits per heavy atom. The molecule has 2 aromatic rings. The zero-order valence-corrected chi connectivity index (χ0v) is 13.0. The van der Waals surface area contributed by atoms with E-state index in [0.717, 1.165) is 55.0 Å². The molecule has 0 spiro atoms. The van der Waals surface area contributed by atoms with E-state index in [2.05, 4.69) is 14.9 Å². The van der Waals surface area contributed by atoms with Crippen LogP contribution in [0.5, 0.6) is 0 Å². The summed E-state index contributed by atoms with van der Waals surface area (Å²) in [7, 11) is 1.94. The van der Waals surface area contributed by atoms with Crippen LogP contribution in [0.1, 0.15) is 35.3 Å². The highest BCUT2D eigenvalue weighted by atomic mass is 32.1. The topological polar surface area (TPSA) is 34.0 Å². The maximum absolute atomic E-state index is 12.7. The SMILES string of the molecule is Cn1ccnc1CN1CCCC(c2nc(C(F)(F)F)cs2)C1. The molecule has 0 N–H and O–H groups in total. The van der Waals surface area contributed by atoms with Crippen LogP contribution < -0.4 is 0 Å². The van der Waals surface area contributed by atoms with Gasteiger partial charge in [0.1, 0.15) is 5.82 Å². The van der Waals surface area contributed by atoms with E-state index in [-0.39, 0.29) is 5.92 Å². The van der Waals surface area contributed by atoms with E-state index in [4.69, 9.17) is 0 Å². The summed E-state index contributed by atoms with van der Waals surface area (Å²) >= 11 is 1.12. The highest BCUT2D eigenvalue weighted by Crippen LogP contribution is 2.35. The van der Waals surface area contributed by atoms with Crippen molar-refractivity contribution in [3.05, 3.63) is 34.3 Å². The summed E-state index contributed by atoms with van der Waals surface area (Å²) in [5.74, 6) is 1.05. The van der Waals surface area contributed by atoms with Gasteiger partial charge in [-0.2, -0.15) is 13.2 Å². The molecule has 3 rings (SSSR count). The molecule has 0 radical (unpaired) electrons. The van der Waals surface area contributed by atoms with Crippen molar-refractivity contribution < 1.29 is 13.2 Å². The lowest BCUT2D eigenvalue weighted by atomic mass is 9.99. The van der Waals surface area contributed by atoms with E-state index in [1.165, 1.54) is 0 Å². The Kier molecular flexibility index (Phi) is 4.22. The first-order valence-electron chi connectivity index (χ1n) is 7.14. The Morgan fingerprint density at radius 2 is 2.23 bits per heavy atom. The lowest BCUT2D eigenvalue weighted by Gasteiger charge is -2.31. The van der Waals surface area contributed by atoms with Gasteiger partial charge in [0.15, 0.2) is 5.69 Å². The van der Waals surface area contributed by atoms with Crippen LogP contribution in [0, 0.1) is 0 Å². The molecule has 0 bridgehead atoms. The van der Waals surface area contributed by atoms with Crippen molar-refractivity contribution in [2.24, 2.45) is 7.05 Å². The number of alkyl halides is 3. The molecule has 1 aliphatic rings. The average molecular weight is 330 g/mol. The number of halogens is 3. The summed E-state index contributed by atoms with van der Waals surface area (Å²) in [6.45, 7) is 2.40. The summed E-state index contributed by atoms with van der Waals surface area (Å²) < 4.78 is 40.0. The highest BCUT2D eigenvalue weighted by Gasteiger charge is 2.35. The van der Waals surface area contributed by atoms with Crippen LogP contribution >= 0.6 is 11.3 Å². The number of likely N-dealkylation sites (tertiary alicyclic amines) is 1. The van der Waals surface area contributed by atoms with E-state index in [1.54, 1.807) is 6.20 Å². The third kappa shape index (κ3) is 3.33. The fourth-order valence-corrected chi connectivity index (χ4v) is 3.71. The fraction of sp³-hybridized carbons (Fsp3) is 0.571. The molecule has 8 heteroatoms.